The third-order valence-electron chi connectivity index (χ3n) is 2.94. The second kappa shape index (κ2) is 8.13. The summed E-state index contributed by atoms with van der Waals surface area (Å²) in [5.74, 6) is 0.983. The highest BCUT2D eigenvalue weighted by Gasteiger charge is 2.01. The molecular formula is C15H25NO. The lowest BCUT2D eigenvalue weighted by atomic mass is 10.2. The van der Waals surface area contributed by atoms with Crippen LogP contribution in [0.5, 0.6) is 5.75 Å². The zero-order chi connectivity index (χ0) is 12.5. The van der Waals surface area contributed by atoms with Crippen LogP contribution in [0.4, 0.5) is 0 Å². The Morgan fingerprint density at radius 1 is 1.18 bits per heavy atom. The van der Waals surface area contributed by atoms with Crippen LogP contribution in [0.25, 0.3) is 0 Å². The van der Waals surface area contributed by atoms with Crippen LogP contribution in [0.15, 0.2) is 24.3 Å². The molecule has 0 N–H and O–H groups in total. The van der Waals surface area contributed by atoms with Crippen molar-refractivity contribution < 1.29 is 4.74 Å². The molecule has 1 aromatic rings. The van der Waals surface area contributed by atoms with E-state index in [9.17, 15) is 0 Å². The highest BCUT2D eigenvalue weighted by Crippen LogP contribution is 2.12. The number of benzene rings is 1. The van der Waals surface area contributed by atoms with Crippen molar-refractivity contribution in [2.75, 3.05) is 26.2 Å². The molecule has 0 aromatic heterocycles. The molecule has 2 nitrogen and oxygen atoms in total. The molecule has 0 aliphatic heterocycles. The van der Waals surface area contributed by atoms with Gasteiger partial charge in [-0.25, -0.2) is 0 Å². The van der Waals surface area contributed by atoms with Gasteiger partial charge in [-0.05, 0) is 44.1 Å². The minimum Gasteiger partial charge on any atom is -0.492 e. The Kier molecular flexibility index (Phi) is 6.71. The lowest BCUT2D eigenvalue weighted by Crippen LogP contribution is -2.29. The maximum atomic E-state index is 5.76. The lowest BCUT2D eigenvalue weighted by molar-refractivity contribution is 0.213. The summed E-state index contributed by atoms with van der Waals surface area (Å²) in [6.07, 6.45) is 2.54. The van der Waals surface area contributed by atoms with Crippen LogP contribution >= 0.6 is 0 Å². The maximum Gasteiger partial charge on any atom is 0.119 e. The molecule has 0 radical (unpaired) electrons. The molecule has 0 saturated carbocycles. The number of unbranched alkanes of at least 4 members (excludes halogenated alkanes) is 1. The Balaban J connectivity index is 2.26. The van der Waals surface area contributed by atoms with Gasteiger partial charge >= 0.3 is 0 Å². The normalized spacial score (nSPS) is 10.8. The van der Waals surface area contributed by atoms with Crippen molar-refractivity contribution >= 4 is 0 Å². The van der Waals surface area contributed by atoms with E-state index in [1.807, 2.05) is 12.1 Å². The Hall–Kier alpha value is -1.02. The van der Waals surface area contributed by atoms with Crippen LogP contribution in [-0.4, -0.2) is 31.1 Å². The van der Waals surface area contributed by atoms with Gasteiger partial charge in [-0.15, -0.1) is 0 Å². The maximum absolute atomic E-state index is 5.76. The van der Waals surface area contributed by atoms with E-state index in [1.165, 1.54) is 24.9 Å². The largest absolute Gasteiger partial charge is 0.492 e. The molecule has 0 spiro atoms. The molecule has 1 aromatic carbocycles. The number of likely N-dealkylation sites (N-methyl/N-ethyl adjacent to an activating group) is 1. The predicted molar refractivity (Wildman–Crippen MR) is 73.7 cm³/mol. The highest BCUT2D eigenvalue weighted by atomic mass is 16.5. The summed E-state index contributed by atoms with van der Waals surface area (Å²) in [4.78, 5) is 2.44. The van der Waals surface area contributed by atoms with Gasteiger partial charge in [0, 0.05) is 6.54 Å². The molecular weight excluding hydrogens is 210 g/mol. The topological polar surface area (TPSA) is 12.5 Å². The Bertz CT molecular complexity index is 312. The van der Waals surface area contributed by atoms with Crippen LogP contribution in [0.2, 0.25) is 0 Å². The van der Waals surface area contributed by atoms with Crippen molar-refractivity contribution in [3.8, 4) is 5.75 Å². The zero-order valence-electron chi connectivity index (χ0n) is 11.4. The number of nitrogens with zero attached hydrogens (tertiary/aromatic N) is 1. The summed E-state index contributed by atoms with van der Waals surface area (Å²) >= 11 is 0. The number of hydrogen-bond donors (Lipinski definition) is 0. The molecule has 1 rings (SSSR count). The second-order valence-electron chi connectivity index (χ2n) is 4.45. The quantitative estimate of drug-likeness (QED) is 0.684. The average Bonchev–Trinajstić information content (AvgIpc) is 2.33. The molecule has 17 heavy (non-hydrogen) atoms. The van der Waals surface area contributed by atoms with Crippen molar-refractivity contribution in [1.82, 2.24) is 4.90 Å². The molecule has 0 amide bonds. The summed E-state index contributed by atoms with van der Waals surface area (Å²) in [5.41, 5.74) is 1.25. The van der Waals surface area contributed by atoms with E-state index in [-0.39, 0.29) is 0 Å². The van der Waals surface area contributed by atoms with Crippen molar-refractivity contribution in [2.45, 2.75) is 33.6 Å². The molecule has 0 aliphatic carbocycles. The summed E-state index contributed by atoms with van der Waals surface area (Å²) in [7, 11) is 0. The van der Waals surface area contributed by atoms with Gasteiger partial charge < -0.3 is 9.64 Å². The smallest absolute Gasteiger partial charge is 0.119 e. The van der Waals surface area contributed by atoms with Crippen molar-refractivity contribution in [2.24, 2.45) is 0 Å². The van der Waals surface area contributed by atoms with Crippen LogP contribution in [0.3, 0.4) is 0 Å². The van der Waals surface area contributed by atoms with Crippen LogP contribution in [0, 0.1) is 6.92 Å². The summed E-state index contributed by atoms with van der Waals surface area (Å²) in [5, 5.41) is 0. The first-order valence-corrected chi connectivity index (χ1v) is 6.68. The van der Waals surface area contributed by atoms with E-state index >= 15 is 0 Å². The van der Waals surface area contributed by atoms with Gasteiger partial charge in [-0.2, -0.15) is 0 Å². The predicted octanol–water partition coefficient (Wildman–Crippen LogP) is 3.50. The minimum atomic E-state index is 0.779. The average molecular weight is 235 g/mol. The van der Waals surface area contributed by atoms with E-state index in [0.717, 1.165) is 25.4 Å². The van der Waals surface area contributed by atoms with Crippen LogP contribution in [0.1, 0.15) is 32.3 Å². The van der Waals surface area contributed by atoms with Gasteiger partial charge in [-0.1, -0.05) is 32.4 Å². The van der Waals surface area contributed by atoms with Gasteiger partial charge in [-0.3, -0.25) is 0 Å². The standard InChI is InChI=1S/C15H25NO/c1-4-6-10-16(5-2)11-12-17-15-9-7-8-14(3)13-15/h7-9,13H,4-6,10-12H2,1-3H3. The second-order valence-corrected chi connectivity index (χ2v) is 4.45. The van der Waals surface area contributed by atoms with Crippen LogP contribution in [-0.2, 0) is 0 Å². The van der Waals surface area contributed by atoms with Crippen molar-refractivity contribution in [3.05, 3.63) is 29.8 Å². The summed E-state index contributed by atoms with van der Waals surface area (Å²) in [6.45, 7) is 10.6. The molecule has 0 atom stereocenters. The summed E-state index contributed by atoms with van der Waals surface area (Å²) in [6, 6.07) is 8.24. The number of rotatable bonds is 8. The Labute approximate surface area is 106 Å². The minimum absolute atomic E-state index is 0.779. The van der Waals surface area contributed by atoms with Crippen molar-refractivity contribution in [3.63, 3.8) is 0 Å². The molecule has 0 aliphatic rings. The highest BCUT2D eigenvalue weighted by molar-refractivity contribution is 5.27. The van der Waals surface area contributed by atoms with Gasteiger partial charge in [0.1, 0.15) is 12.4 Å². The first-order chi connectivity index (χ1) is 8.26. The van der Waals surface area contributed by atoms with E-state index in [0.29, 0.717) is 0 Å². The van der Waals surface area contributed by atoms with Gasteiger partial charge in [0.15, 0.2) is 0 Å². The third kappa shape index (κ3) is 5.73. The Morgan fingerprint density at radius 2 is 2.00 bits per heavy atom. The van der Waals surface area contributed by atoms with Gasteiger partial charge in [0.2, 0.25) is 0 Å². The SMILES string of the molecule is CCCCN(CC)CCOc1cccc(C)c1. The number of aryl methyl sites for hydroxylation is 1. The molecule has 0 unspecified atom stereocenters. The molecule has 2 heteroatoms. The van der Waals surface area contributed by atoms with E-state index in [2.05, 4.69) is 37.8 Å². The monoisotopic (exact) mass is 235 g/mol. The number of hydrogen-bond acceptors (Lipinski definition) is 2. The molecule has 0 bridgehead atoms. The number of ether oxygens (including phenoxy) is 1. The molecule has 0 saturated heterocycles. The van der Waals surface area contributed by atoms with E-state index < -0.39 is 0 Å². The first-order valence-electron chi connectivity index (χ1n) is 6.68. The summed E-state index contributed by atoms with van der Waals surface area (Å²) < 4.78 is 5.76. The van der Waals surface area contributed by atoms with Gasteiger partial charge in [0.05, 0.1) is 0 Å². The molecule has 0 heterocycles. The first kappa shape index (κ1) is 14.0. The Morgan fingerprint density at radius 3 is 2.65 bits per heavy atom. The fourth-order valence-corrected chi connectivity index (χ4v) is 1.81. The zero-order valence-corrected chi connectivity index (χ0v) is 11.4. The lowest BCUT2D eigenvalue weighted by Gasteiger charge is -2.20. The molecule has 0 fully saturated rings. The van der Waals surface area contributed by atoms with Gasteiger partial charge in [0.25, 0.3) is 0 Å². The fraction of sp³-hybridized carbons (Fsp3) is 0.600. The van der Waals surface area contributed by atoms with Crippen molar-refractivity contribution in [1.29, 1.82) is 0 Å². The fourth-order valence-electron chi connectivity index (χ4n) is 1.81. The van der Waals surface area contributed by atoms with E-state index in [1.54, 1.807) is 0 Å². The van der Waals surface area contributed by atoms with Crippen LogP contribution < -0.4 is 4.74 Å². The van der Waals surface area contributed by atoms with E-state index in [4.69, 9.17) is 4.74 Å². The third-order valence-corrected chi connectivity index (χ3v) is 2.94. The molecule has 96 valence electrons.